The summed E-state index contributed by atoms with van der Waals surface area (Å²) in [5, 5.41) is 0. The standard InChI is InChI=1S/C16H22N4/c1-10-8-14(9-11(2)18-10)16-19-12(3)15(6-5-7-17)13(4)20-16/h8-9H,5-7,17H2,1-4H3. The summed E-state index contributed by atoms with van der Waals surface area (Å²) in [6.07, 6.45) is 1.92. The second kappa shape index (κ2) is 6.09. The molecule has 4 nitrogen and oxygen atoms in total. The minimum absolute atomic E-state index is 0.698. The minimum atomic E-state index is 0.698. The fraction of sp³-hybridized carbons (Fsp3) is 0.438. The first-order valence-corrected chi connectivity index (χ1v) is 7.01. The summed E-state index contributed by atoms with van der Waals surface area (Å²) in [6.45, 7) is 8.77. The van der Waals surface area contributed by atoms with Crippen LogP contribution in [0.3, 0.4) is 0 Å². The zero-order chi connectivity index (χ0) is 14.7. The Morgan fingerprint density at radius 2 is 1.45 bits per heavy atom. The molecule has 2 rings (SSSR count). The van der Waals surface area contributed by atoms with Crippen molar-refractivity contribution >= 4 is 0 Å². The van der Waals surface area contributed by atoms with Crippen LogP contribution >= 0.6 is 0 Å². The van der Waals surface area contributed by atoms with Crippen LogP contribution in [0.15, 0.2) is 12.1 Å². The summed E-state index contributed by atoms with van der Waals surface area (Å²) < 4.78 is 0. The van der Waals surface area contributed by atoms with Gasteiger partial charge in [-0.3, -0.25) is 4.98 Å². The molecule has 0 fully saturated rings. The third-order valence-electron chi connectivity index (χ3n) is 3.39. The maximum absolute atomic E-state index is 5.58. The predicted molar refractivity (Wildman–Crippen MR) is 81.6 cm³/mol. The van der Waals surface area contributed by atoms with Gasteiger partial charge in [0.15, 0.2) is 5.82 Å². The van der Waals surface area contributed by atoms with Gasteiger partial charge < -0.3 is 5.73 Å². The molecule has 0 spiro atoms. The van der Waals surface area contributed by atoms with Gasteiger partial charge in [0.2, 0.25) is 0 Å². The summed E-state index contributed by atoms with van der Waals surface area (Å²) in [5.74, 6) is 0.782. The van der Waals surface area contributed by atoms with Crippen molar-refractivity contribution in [3.05, 3.63) is 40.5 Å². The van der Waals surface area contributed by atoms with Gasteiger partial charge in [0.25, 0.3) is 0 Å². The topological polar surface area (TPSA) is 64.7 Å². The van der Waals surface area contributed by atoms with Gasteiger partial charge in [0.1, 0.15) is 0 Å². The molecule has 2 heterocycles. The average molecular weight is 270 g/mol. The van der Waals surface area contributed by atoms with Crippen LogP contribution in [0.5, 0.6) is 0 Å². The number of hydrogen-bond donors (Lipinski definition) is 1. The summed E-state index contributed by atoms with van der Waals surface area (Å²) >= 11 is 0. The Kier molecular flexibility index (Phi) is 4.45. The SMILES string of the molecule is Cc1cc(-c2nc(C)c(CCCN)c(C)n2)cc(C)n1. The monoisotopic (exact) mass is 270 g/mol. The molecule has 0 saturated heterocycles. The number of aryl methyl sites for hydroxylation is 4. The van der Waals surface area contributed by atoms with Crippen LogP contribution in [0.1, 0.15) is 34.8 Å². The normalized spacial score (nSPS) is 10.8. The molecule has 2 aromatic rings. The number of aromatic nitrogens is 3. The van der Waals surface area contributed by atoms with Crippen molar-refractivity contribution in [1.29, 1.82) is 0 Å². The van der Waals surface area contributed by atoms with Gasteiger partial charge in [-0.05, 0) is 64.8 Å². The summed E-state index contributed by atoms with van der Waals surface area (Å²) in [4.78, 5) is 13.7. The van der Waals surface area contributed by atoms with Gasteiger partial charge in [0.05, 0.1) is 0 Å². The maximum Gasteiger partial charge on any atom is 0.159 e. The second-order valence-corrected chi connectivity index (χ2v) is 5.23. The fourth-order valence-corrected chi connectivity index (χ4v) is 2.47. The molecule has 0 saturated carbocycles. The van der Waals surface area contributed by atoms with Gasteiger partial charge >= 0.3 is 0 Å². The molecule has 0 aliphatic carbocycles. The van der Waals surface area contributed by atoms with E-state index >= 15 is 0 Å². The van der Waals surface area contributed by atoms with E-state index in [1.807, 2.05) is 39.8 Å². The van der Waals surface area contributed by atoms with E-state index in [1.54, 1.807) is 0 Å². The van der Waals surface area contributed by atoms with Gasteiger partial charge in [-0.25, -0.2) is 9.97 Å². The molecule has 0 radical (unpaired) electrons. The first-order chi connectivity index (χ1) is 9.51. The largest absolute Gasteiger partial charge is 0.330 e. The Morgan fingerprint density at radius 1 is 0.900 bits per heavy atom. The highest BCUT2D eigenvalue weighted by Crippen LogP contribution is 2.21. The maximum atomic E-state index is 5.58. The third kappa shape index (κ3) is 3.20. The van der Waals surface area contributed by atoms with Gasteiger partial charge in [-0.15, -0.1) is 0 Å². The lowest BCUT2D eigenvalue weighted by atomic mass is 10.1. The molecule has 2 N–H and O–H groups in total. The molecule has 0 unspecified atom stereocenters. The summed E-state index contributed by atoms with van der Waals surface area (Å²) in [5.41, 5.74) is 11.9. The van der Waals surface area contributed by atoms with Crippen LogP contribution in [0.25, 0.3) is 11.4 Å². The molecule has 0 bridgehead atoms. The number of nitrogens with two attached hydrogens (primary N) is 1. The van der Waals surface area contributed by atoms with Crippen LogP contribution < -0.4 is 5.73 Å². The second-order valence-electron chi connectivity index (χ2n) is 5.23. The first-order valence-electron chi connectivity index (χ1n) is 7.01. The van der Waals surface area contributed by atoms with E-state index in [1.165, 1.54) is 5.56 Å². The molecule has 2 aromatic heterocycles. The first kappa shape index (κ1) is 14.6. The van der Waals surface area contributed by atoms with E-state index in [0.29, 0.717) is 6.54 Å². The molecule has 0 aromatic carbocycles. The average Bonchev–Trinajstić information content (AvgIpc) is 2.36. The Bertz CT molecular complexity index is 577. The Morgan fingerprint density at radius 3 is 1.95 bits per heavy atom. The lowest BCUT2D eigenvalue weighted by molar-refractivity contribution is 0.806. The van der Waals surface area contributed by atoms with Crippen LogP contribution in [0.2, 0.25) is 0 Å². The molecule has 0 amide bonds. The van der Waals surface area contributed by atoms with Crippen molar-refractivity contribution in [2.24, 2.45) is 5.73 Å². The highest BCUT2D eigenvalue weighted by Gasteiger charge is 2.10. The zero-order valence-electron chi connectivity index (χ0n) is 12.7. The van der Waals surface area contributed by atoms with E-state index in [-0.39, 0.29) is 0 Å². The highest BCUT2D eigenvalue weighted by atomic mass is 14.9. The van der Waals surface area contributed by atoms with Crippen molar-refractivity contribution in [3.8, 4) is 11.4 Å². The molecule has 0 aliphatic heterocycles. The Hall–Kier alpha value is -1.81. The zero-order valence-corrected chi connectivity index (χ0v) is 12.7. The van der Waals surface area contributed by atoms with Crippen molar-refractivity contribution < 1.29 is 0 Å². The molecule has 106 valence electrons. The van der Waals surface area contributed by atoms with E-state index in [0.717, 1.165) is 47.0 Å². The van der Waals surface area contributed by atoms with Crippen LogP contribution in [0, 0.1) is 27.7 Å². The van der Waals surface area contributed by atoms with Crippen LogP contribution in [0.4, 0.5) is 0 Å². The van der Waals surface area contributed by atoms with Crippen molar-refractivity contribution in [2.45, 2.75) is 40.5 Å². The van der Waals surface area contributed by atoms with E-state index in [2.05, 4.69) is 15.0 Å². The number of rotatable bonds is 4. The van der Waals surface area contributed by atoms with E-state index < -0.39 is 0 Å². The molecule has 20 heavy (non-hydrogen) atoms. The van der Waals surface area contributed by atoms with Crippen molar-refractivity contribution in [2.75, 3.05) is 6.54 Å². The number of nitrogens with zero attached hydrogens (tertiary/aromatic N) is 3. The van der Waals surface area contributed by atoms with Crippen LogP contribution in [-0.2, 0) is 6.42 Å². The van der Waals surface area contributed by atoms with Crippen molar-refractivity contribution in [1.82, 2.24) is 15.0 Å². The van der Waals surface area contributed by atoms with Gasteiger partial charge in [0, 0.05) is 28.3 Å². The molecular formula is C16H22N4. The third-order valence-corrected chi connectivity index (χ3v) is 3.39. The minimum Gasteiger partial charge on any atom is -0.330 e. The molecule has 4 heteroatoms. The van der Waals surface area contributed by atoms with Gasteiger partial charge in [-0.1, -0.05) is 0 Å². The van der Waals surface area contributed by atoms with E-state index in [4.69, 9.17) is 5.73 Å². The molecule has 0 atom stereocenters. The lowest BCUT2D eigenvalue weighted by Crippen LogP contribution is -2.06. The predicted octanol–water partition coefficient (Wildman–Crippen LogP) is 2.66. The Balaban J connectivity index is 2.43. The number of hydrogen-bond acceptors (Lipinski definition) is 4. The smallest absolute Gasteiger partial charge is 0.159 e. The lowest BCUT2D eigenvalue weighted by Gasteiger charge is -2.11. The van der Waals surface area contributed by atoms with Gasteiger partial charge in [-0.2, -0.15) is 0 Å². The molecule has 0 aliphatic rings. The fourth-order valence-electron chi connectivity index (χ4n) is 2.47. The van der Waals surface area contributed by atoms with E-state index in [9.17, 15) is 0 Å². The van der Waals surface area contributed by atoms with Crippen molar-refractivity contribution in [3.63, 3.8) is 0 Å². The Labute approximate surface area is 120 Å². The summed E-state index contributed by atoms with van der Waals surface area (Å²) in [6, 6.07) is 4.06. The van der Waals surface area contributed by atoms with Crippen LogP contribution in [-0.4, -0.2) is 21.5 Å². The summed E-state index contributed by atoms with van der Waals surface area (Å²) in [7, 11) is 0. The highest BCUT2D eigenvalue weighted by molar-refractivity contribution is 5.56. The number of pyridine rings is 1. The molecular weight excluding hydrogens is 248 g/mol. The quantitative estimate of drug-likeness (QED) is 0.927.